The van der Waals surface area contributed by atoms with E-state index in [1.807, 2.05) is 12.1 Å². The molecule has 0 aliphatic heterocycles. The average molecular weight is 163 g/mol. The minimum Gasteiger partial charge on any atom is -0.367 e. The average Bonchev–Trinajstić information content (AvgIpc) is 2.15. The Morgan fingerprint density at radius 2 is 2.42 bits per heavy atom. The molecule has 0 bridgehead atoms. The highest BCUT2D eigenvalue weighted by Crippen LogP contribution is 2.03. The first-order valence-electron chi connectivity index (χ1n) is 3.86. The maximum atomic E-state index is 5.42. The number of nitrogens with two attached hydrogens (primary N) is 1. The minimum absolute atomic E-state index is 0.536. The molecule has 1 rings (SSSR count). The van der Waals surface area contributed by atoms with Gasteiger partial charge in [0.2, 0.25) is 0 Å². The molecule has 64 valence electrons. The molecular formula is C9H13N3. The van der Waals surface area contributed by atoms with E-state index in [2.05, 4.69) is 16.9 Å². The molecule has 3 heteroatoms. The van der Waals surface area contributed by atoms with E-state index in [0.717, 1.165) is 17.9 Å². The molecule has 0 radical (unpaired) electrons. The van der Waals surface area contributed by atoms with Crippen molar-refractivity contribution in [3.63, 3.8) is 0 Å². The lowest BCUT2D eigenvalue weighted by atomic mass is 10.3. The normalized spacial score (nSPS) is 9.42. The molecule has 0 aromatic carbocycles. The molecule has 0 amide bonds. The van der Waals surface area contributed by atoms with Gasteiger partial charge in [-0.25, -0.2) is 4.98 Å². The lowest BCUT2D eigenvalue weighted by molar-refractivity contribution is 1.05. The van der Waals surface area contributed by atoms with Crippen LogP contribution >= 0.6 is 0 Å². The molecule has 1 heterocycles. The second-order valence-corrected chi connectivity index (χ2v) is 2.43. The number of hydrogen-bond donors (Lipinski definition) is 2. The minimum atomic E-state index is 0.536. The van der Waals surface area contributed by atoms with Gasteiger partial charge in [0.1, 0.15) is 5.82 Å². The molecule has 12 heavy (non-hydrogen) atoms. The summed E-state index contributed by atoms with van der Waals surface area (Å²) in [4.78, 5) is 4.15. The Balaban J connectivity index is 2.58. The number of rotatable bonds is 4. The Morgan fingerprint density at radius 1 is 1.58 bits per heavy atom. The predicted octanol–water partition coefficient (Wildman–Crippen LogP) is 1.14. The first-order chi connectivity index (χ1) is 5.86. The Kier molecular flexibility index (Phi) is 3.29. The quantitative estimate of drug-likeness (QED) is 0.654. The van der Waals surface area contributed by atoms with Gasteiger partial charge in [-0.15, -0.1) is 6.58 Å². The van der Waals surface area contributed by atoms with Crippen molar-refractivity contribution in [1.82, 2.24) is 4.98 Å². The van der Waals surface area contributed by atoms with E-state index < -0.39 is 0 Å². The summed E-state index contributed by atoms with van der Waals surface area (Å²) >= 11 is 0. The van der Waals surface area contributed by atoms with Gasteiger partial charge in [0.05, 0.1) is 0 Å². The molecule has 0 unspecified atom stereocenters. The number of anilines is 1. The molecule has 0 fully saturated rings. The summed E-state index contributed by atoms with van der Waals surface area (Å²) in [6, 6.07) is 3.87. The molecule has 0 aliphatic carbocycles. The SMILES string of the molecule is C=CCNc1ccc(CN)cn1. The van der Waals surface area contributed by atoms with Crippen molar-refractivity contribution in [2.24, 2.45) is 5.73 Å². The summed E-state index contributed by atoms with van der Waals surface area (Å²) in [5.41, 5.74) is 6.46. The summed E-state index contributed by atoms with van der Waals surface area (Å²) in [5, 5.41) is 3.08. The van der Waals surface area contributed by atoms with Crippen LogP contribution in [0.1, 0.15) is 5.56 Å². The van der Waals surface area contributed by atoms with Crippen LogP contribution in [0.4, 0.5) is 5.82 Å². The van der Waals surface area contributed by atoms with Gasteiger partial charge in [0.25, 0.3) is 0 Å². The summed E-state index contributed by atoms with van der Waals surface area (Å²) in [7, 11) is 0. The van der Waals surface area contributed by atoms with Crippen LogP contribution in [0.15, 0.2) is 31.0 Å². The fourth-order valence-electron chi connectivity index (χ4n) is 0.827. The highest BCUT2D eigenvalue weighted by Gasteiger charge is 1.91. The zero-order chi connectivity index (χ0) is 8.81. The molecule has 3 nitrogen and oxygen atoms in total. The van der Waals surface area contributed by atoms with Crippen LogP contribution in [-0.2, 0) is 6.54 Å². The first kappa shape index (κ1) is 8.74. The molecule has 0 atom stereocenters. The maximum absolute atomic E-state index is 5.42. The van der Waals surface area contributed by atoms with Crippen LogP contribution in [0.25, 0.3) is 0 Å². The number of nitrogens with one attached hydrogen (secondary N) is 1. The lowest BCUT2D eigenvalue weighted by Crippen LogP contribution is -2.01. The molecule has 0 saturated heterocycles. The third-order valence-corrected chi connectivity index (χ3v) is 1.49. The van der Waals surface area contributed by atoms with Gasteiger partial charge in [0, 0.05) is 19.3 Å². The van der Waals surface area contributed by atoms with E-state index in [9.17, 15) is 0 Å². The topological polar surface area (TPSA) is 50.9 Å². The fraction of sp³-hybridized carbons (Fsp3) is 0.222. The van der Waals surface area contributed by atoms with Crippen molar-refractivity contribution < 1.29 is 0 Å². The number of aromatic nitrogens is 1. The van der Waals surface area contributed by atoms with E-state index in [0.29, 0.717) is 6.54 Å². The van der Waals surface area contributed by atoms with Crippen molar-refractivity contribution in [3.05, 3.63) is 36.5 Å². The highest BCUT2D eigenvalue weighted by molar-refractivity contribution is 5.35. The summed E-state index contributed by atoms with van der Waals surface area (Å²) in [6.45, 7) is 4.87. The Hall–Kier alpha value is -1.35. The summed E-state index contributed by atoms with van der Waals surface area (Å²) in [5.74, 6) is 0.854. The van der Waals surface area contributed by atoms with E-state index >= 15 is 0 Å². The molecule has 0 spiro atoms. The lowest BCUT2D eigenvalue weighted by Gasteiger charge is -2.02. The first-order valence-corrected chi connectivity index (χ1v) is 3.86. The predicted molar refractivity (Wildman–Crippen MR) is 50.8 cm³/mol. The standard InChI is InChI=1S/C9H13N3/c1-2-5-11-9-4-3-8(6-10)7-12-9/h2-4,7H,1,5-6,10H2,(H,11,12). The smallest absolute Gasteiger partial charge is 0.126 e. The number of hydrogen-bond acceptors (Lipinski definition) is 3. The van der Waals surface area contributed by atoms with Crippen LogP contribution in [0.5, 0.6) is 0 Å². The van der Waals surface area contributed by atoms with Crippen LogP contribution < -0.4 is 11.1 Å². The van der Waals surface area contributed by atoms with E-state index in [-0.39, 0.29) is 0 Å². The molecule has 1 aromatic rings. The maximum Gasteiger partial charge on any atom is 0.126 e. The van der Waals surface area contributed by atoms with E-state index in [1.165, 1.54) is 0 Å². The van der Waals surface area contributed by atoms with Crippen molar-refractivity contribution in [3.8, 4) is 0 Å². The second kappa shape index (κ2) is 4.51. The van der Waals surface area contributed by atoms with Gasteiger partial charge >= 0.3 is 0 Å². The van der Waals surface area contributed by atoms with Gasteiger partial charge in [-0.2, -0.15) is 0 Å². The van der Waals surface area contributed by atoms with Crippen molar-refractivity contribution in [2.45, 2.75) is 6.54 Å². The van der Waals surface area contributed by atoms with Crippen LogP contribution in [-0.4, -0.2) is 11.5 Å². The zero-order valence-corrected chi connectivity index (χ0v) is 6.96. The third kappa shape index (κ3) is 2.36. The summed E-state index contributed by atoms with van der Waals surface area (Å²) < 4.78 is 0. The van der Waals surface area contributed by atoms with Crippen LogP contribution in [0.3, 0.4) is 0 Å². The van der Waals surface area contributed by atoms with Gasteiger partial charge < -0.3 is 11.1 Å². The van der Waals surface area contributed by atoms with Crippen LogP contribution in [0, 0.1) is 0 Å². The third-order valence-electron chi connectivity index (χ3n) is 1.49. The summed E-state index contributed by atoms with van der Waals surface area (Å²) in [6.07, 6.45) is 3.56. The molecule has 0 aliphatic rings. The Bertz CT molecular complexity index is 240. The van der Waals surface area contributed by atoms with E-state index in [4.69, 9.17) is 5.73 Å². The van der Waals surface area contributed by atoms with Crippen molar-refractivity contribution >= 4 is 5.82 Å². The molecule has 1 aromatic heterocycles. The Labute approximate surface area is 72.3 Å². The zero-order valence-electron chi connectivity index (χ0n) is 6.96. The fourth-order valence-corrected chi connectivity index (χ4v) is 0.827. The molecule has 0 saturated carbocycles. The highest BCUT2D eigenvalue weighted by atomic mass is 15.0. The van der Waals surface area contributed by atoms with Gasteiger partial charge in [0.15, 0.2) is 0 Å². The van der Waals surface area contributed by atoms with Gasteiger partial charge in [-0.05, 0) is 11.6 Å². The van der Waals surface area contributed by atoms with E-state index in [1.54, 1.807) is 12.3 Å². The van der Waals surface area contributed by atoms with Crippen molar-refractivity contribution in [1.29, 1.82) is 0 Å². The number of nitrogens with zero attached hydrogens (tertiary/aromatic N) is 1. The van der Waals surface area contributed by atoms with Crippen LogP contribution in [0.2, 0.25) is 0 Å². The molecular weight excluding hydrogens is 150 g/mol. The molecule has 3 N–H and O–H groups in total. The van der Waals surface area contributed by atoms with Gasteiger partial charge in [-0.3, -0.25) is 0 Å². The largest absolute Gasteiger partial charge is 0.367 e. The monoisotopic (exact) mass is 163 g/mol. The van der Waals surface area contributed by atoms with Crippen molar-refractivity contribution in [2.75, 3.05) is 11.9 Å². The number of pyridine rings is 1. The Morgan fingerprint density at radius 3 is 2.92 bits per heavy atom. The van der Waals surface area contributed by atoms with Gasteiger partial charge in [-0.1, -0.05) is 12.1 Å². The second-order valence-electron chi connectivity index (χ2n) is 2.43.